The summed E-state index contributed by atoms with van der Waals surface area (Å²) in [7, 11) is 1.63. The molecule has 2 aromatic heterocycles. The fraction of sp³-hybridized carbons (Fsp3) is 0.105. The van der Waals surface area contributed by atoms with E-state index in [1.54, 1.807) is 13.3 Å². The van der Waals surface area contributed by atoms with Gasteiger partial charge in [-0.3, -0.25) is 4.98 Å². The number of pyridine rings is 1. The third kappa shape index (κ3) is 3.14. The highest BCUT2D eigenvalue weighted by atomic mass is 16.5. The quantitative estimate of drug-likeness (QED) is 0.597. The number of benzene rings is 2. The van der Waals surface area contributed by atoms with Gasteiger partial charge in [0.2, 0.25) is 11.8 Å². The fourth-order valence-corrected chi connectivity index (χ4v) is 2.59. The van der Waals surface area contributed by atoms with Crippen LogP contribution in [-0.2, 0) is 6.54 Å². The molecule has 6 nitrogen and oxygen atoms in total. The van der Waals surface area contributed by atoms with E-state index in [9.17, 15) is 0 Å². The highest BCUT2D eigenvalue weighted by molar-refractivity contribution is 5.90. The van der Waals surface area contributed by atoms with Crippen molar-refractivity contribution >= 4 is 16.6 Å². The molecule has 4 rings (SSSR count). The molecule has 0 spiro atoms. The van der Waals surface area contributed by atoms with Gasteiger partial charge < -0.3 is 14.5 Å². The second-order valence-electron chi connectivity index (χ2n) is 5.46. The van der Waals surface area contributed by atoms with Crippen LogP contribution in [0.25, 0.3) is 22.4 Å². The summed E-state index contributed by atoms with van der Waals surface area (Å²) >= 11 is 0. The summed E-state index contributed by atoms with van der Waals surface area (Å²) in [5, 5.41) is 12.6. The molecule has 0 saturated heterocycles. The molecule has 124 valence electrons. The Morgan fingerprint density at radius 2 is 1.84 bits per heavy atom. The molecule has 0 aliphatic rings. The van der Waals surface area contributed by atoms with Crippen molar-refractivity contribution in [2.24, 2.45) is 0 Å². The summed E-state index contributed by atoms with van der Waals surface area (Å²) in [5.41, 5.74) is 2.70. The van der Waals surface area contributed by atoms with Crippen LogP contribution >= 0.6 is 0 Å². The maximum Gasteiger partial charge on any atom is 0.247 e. The predicted octanol–water partition coefficient (Wildman–Crippen LogP) is 3.91. The topological polar surface area (TPSA) is 73.1 Å². The molecule has 0 aliphatic heterocycles. The molecule has 0 aliphatic carbocycles. The van der Waals surface area contributed by atoms with Crippen molar-refractivity contribution in [3.8, 4) is 17.2 Å². The van der Waals surface area contributed by atoms with E-state index in [0.29, 0.717) is 18.3 Å². The number of hydrogen-bond acceptors (Lipinski definition) is 6. The first kappa shape index (κ1) is 15.1. The zero-order valence-electron chi connectivity index (χ0n) is 13.6. The number of rotatable bonds is 5. The smallest absolute Gasteiger partial charge is 0.247 e. The van der Waals surface area contributed by atoms with E-state index >= 15 is 0 Å². The van der Waals surface area contributed by atoms with E-state index in [1.165, 1.54) is 0 Å². The Morgan fingerprint density at radius 3 is 2.68 bits per heavy atom. The normalized spacial score (nSPS) is 10.8. The molecule has 2 heterocycles. The van der Waals surface area contributed by atoms with Gasteiger partial charge in [0.1, 0.15) is 5.75 Å². The zero-order valence-corrected chi connectivity index (χ0v) is 13.6. The van der Waals surface area contributed by atoms with Crippen molar-refractivity contribution in [1.82, 2.24) is 15.2 Å². The second-order valence-corrected chi connectivity index (χ2v) is 5.46. The minimum absolute atomic E-state index is 0.429. The fourth-order valence-electron chi connectivity index (χ4n) is 2.59. The Balaban J connectivity index is 1.51. The van der Waals surface area contributed by atoms with E-state index in [-0.39, 0.29) is 0 Å². The van der Waals surface area contributed by atoms with E-state index in [0.717, 1.165) is 27.9 Å². The zero-order chi connectivity index (χ0) is 17.1. The van der Waals surface area contributed by atoms with Gasteiger partial charge in [-0.05, 0) is 36.4 Å². The number of methoxy groups -OCH3 is 1. The number of fused-ring (bicyclic) bond motifs is 1. The first-order valence-electron chi connectivity index (χ1n) is 7.88. The standard InChI is InChI=1S/C19H16N4O2/c1-24-15-9-7-14(8-10-15)19-23-22-17(25-19)12-21-16-6-2-4-13-5-3-11-20-18(13)16/h2-11,21H,12H2,1H3. The molecule has 0 amide bonds. The molecule has 4 aromatic rings. The molecule has 0 fully saturated rings. The van der Waals surface area contributed by atoms with Gasteiger partial charge in [0.15, 0.2) is 0 Å². The van der Waals surface area contributed by atoms with Crippen molar-refractivity contribution in [3.05, 3.63) is 66.7 Å². The van der Waals surface area contributed by atoms with E-state index < -0.39 is 0 Å². The van der Waals surface area contributed by atoms with Gasteiger partial charge in [0, 0.05) is 17.1 Å². The molecule has 25 heavy (non-hydrogen) atoms. The molecule has 0 saturated carbocycles. The lowest BCUT2D eigenvalue weighted by atomic mass is 10.2. The molecule has 6 heteroatoms. The molecule has 0 radical (unpaired) electrons. The molecule has 1 N–H and O–H groups in total. The van der Waals surface area contributed by atoms with Crippen LogP contribution in [0.2, 0.25) is 0 Å². The minimum atomic E-state index is 0.429. The summed E-state index contributed by atoms with van der Waals surface area (Å²) in [6.45, 7) is 0.429. The number of para-hydroxylation sites is 1. The summed E-state index contributed by atoms with van der Waals surface area (Å²) in [6, 6.07) is 17.4. The molecule has 0 bridgehead atoms. The van der Waals surface area contributed by atoms with Crippen molar-refractivity contribution in [2.75, 3.05) is 12.4 Å². The third-order valence-corrected chi connectivity index (χ3v) is 3.87. The van der Waals surface area contributed by atoms with Gasteiger partial charge in [0.25, 0.3) is 0 Å². The Morgan fingerprint density at radius 1 is 1.00 bits per heavy atom. The van der Waals surface area contributed by atoms with Crippen molar-refractivity contribution in [1.29, 1.82) is 0 Å². The molecule has 0 atom stereocenters. The number of aromatic nitrogens is 3. The van der Waals surface area contributed by atoms with E-state index in [4.69, 9.17) is 9.15 Å². The maximum atomic E-state index is 5.73. The van der Waals surface area contributed by atoms with Gasteiger partial charge in [0.05, 0.1) is 24.9 Å². The number of nitrogens with zero attached hydrogens (tertiary/aromatic N) is 3. The molecular weight excluding hydrogens is 316 g/mol. The lowest BCUT2D eigenvalue weighted by Crippen LogP contribution is -2.00. The Kier molecular flexibility index (Phi) is 4.00. The maximum absolute atomic E-state index is 5.73. The largest absolute Gasteiger partial charge is 0.497 e. The Hall–Kier alpha value is -3.41. The third-order valence-electron chi connectivity index (χ3n) is 3.87. The average molecular weight is 332 g/mol. The lowest BCUT2D eigenvalue weighted by molar-refractivity contribution is 0.415. The number of anilines is 1. The highest BCUT2D eigenvalue weighted by Gasteiger charge is 2.09. The van der Waals surface area contributed by atoms with Gasteiger partial charge in [-0.15, -0.1) is 10.2 Å². The summed E-state index contributed by atoms with van der Waals surface area (Å²) in [5.74, 6) is 1.78. The van der Waals surface area contributed by atoms with Gasteiger partial charge in [-0.25, -0.2) is 0 Å². The van der Waals surface area contributed by atoms with Crippen LogP contribution in [0.5, 0.6) is 5.75 Å². The van der Waals surface area contributed by atoms with Gasteiger partial charge in [-0.2, -0.15) is 0 Å². The lowest BCUT2D eigenvalue weighted by Gasteiger charge is -2.06. The van der Waals surface area contributed by atoms with Crippen molar-refractivity contribution < 1.29 is 9.15 Å². The van der Waals surface area contributed by atoms with E-state index in [2.05, 4.69) is 20.5 Å². The highest BCUT2D eigenvalue weighted by Crippen LogP contribution is 2.23. The van der Waals surface area contributed by atoms with Crippen molar-refractivity contribution in [3.63, 3.8) is 0 Å². The van der Waals surface area contributed by atoms with Crippen LogP contribution < -0.4 is 10.1 Å². The first-order valence-corrected chi connectivity index (χ1v) is 7.88. The number of ether oxygens (including phenoxy) is 1. The van der Waals surface area contributed by atoms with Crippen LogP contribution in [-0.4, -0.2) is 22.3 Å². The SMILES string of the molecule is COc1ccc(-c2nnc(CNc3cccc4cccnc34)o2)cc1. The van der Waals surface area contributed by atoms with Crippen LogP contribution in [0.4, 0.5) is 5.69 Å². The summed E-state index contributed by atoms with van der Waals surface area (Å²) in [6.07, 6.45) is 1.78. The predicted molar refractivity (Wildman–Crippen MR) is 95.4 cm³/mol. The van der Waals surface area contributed by atoms with Gasteiger partial charge in [-0.1, -0.05) is 18.2 Å². The first-order chi connectivity index (χ1) is 12.3. The summed E-state index contributed by atoms with van der Waals surface area (Å²) < 4.78 is 10.9. The van der Waals surface area contributed by atoms with Crippen LogP contribution in [0.3, 0.4) is 0 Å². The van der Waals surface area contributed by atoms with Crippen LogP contribution in [0, 0.1) is 0 Å². The minimum Gasteiger partial charge on any atom is -0.497 e. The Labute approximate surface area is 144 Å². The Bertz CT molecular complexity index is 990. The van der Waals surface area contributed by atoms with Crippen molar-refractivity contribution in [2.45, 2.75) is 6.54 Å². The number of nitrogens with one attached hydrogen (secondary N) is 1. The van der Waals surface area contributed by atoms with Gasteiger partial charge >= 0.3 is 0 Å². The monoisotopic (exact) mass is 332 g/mol. The molecule has 2 aromatic carbocycles. The van der Waals surface area contributed by atoms with Crippen LogP contribution in [0.1, 0.15) is 5.89 Å². The molecule has 0 unspecified atom stereocenters. The van der Waals surface area contributed by atoms with E-state index in [1.807, 2.05) is 54.6 Å². The number of hydrogen-bond donors (Lipinski definition) is 1. The summed E-state index contributed by atoms with van der Waals surface area (Å²) in [4.78, 5) is 4.42. The molecular formula is C19H16N4O2. The van der Waals surface area contributed by atoms with Crippen LogP contribution in [0.15, 0.2) is 65.2 Å². The average Bonchev–Trinajstić information content (AvgIpc) is 3.15. The second kappa shape index (κ2) is 6.60.